The smallest absolute Gasteiger partial charge is 0.257 e. The molecule has 0 bridgehead atoms. The Labute approximate surface area is 173 Å². The Morgan fingerprint density at radius 1 is 0.828 bits per heavy atom. The van der Waals surface area contributed by atoms with Crippen molar-refractivity contribution in [1.29, 1.82) is 0 Å². The number of benzene rings is 3. The van der Waals surface area contributed by atoms with Crippen LogP contribution in [-0.2, 0) is 0 Å². The van der Waals surface area contributed by atoms with Gasteiger partial charge in [-0.3, -0.25) is 10.1 Å². The molecule has 3 aromatic rings. The molecule has 0 aromatic heterocycles. The van der Waals surface area contributed by atoms with E-state index in [1.807, 2.05) is 30.3 Å². The first kappa shape index (κ1) is 20.3. The number of halogens is 1. The largest absolute Gasteiger partial charge is 0.490 e. The number of amides is 1. The molecule has 0 heterocycles. The van der Waals surface area contributed by atoms with Crippen molar-refractivity contribution >= 4 is 28.9 Å². The fourth-order valence-corrected chi connectivity index (χ4v) is 2.62. The maximum Gasteiger partial charge on any atom is 0.257 e. The minimum absolute atomic E-state index is 0.143. The van der Waals surface area contributed by atoms with Crippen LogP contribution in [0.5, 0.6) is 11.5 Å². The van der Waals surface area contributed by atoms with Crippen molar-refractivity contribution in [3.8, 4) is 11.5 Å². The van der Waals surface area contributed by atoms with Crippen LogP contribution in [0.15, 0.2) is 78.9 Å². The van der Waals surface area contributed by atoms with Gasteiger partial charge < -0.3 is 14.8 Å². The standard InChI is InChI=1S/C22H19FN2O3S/c23-17-8-6-16(7-9-17)21(26)25-22(29)24-18-10-12-20(13-11-18)28-15-14-27-19-4-2-1-3-5-19/h1-13H,14-15H2,(H2,24,25,26,29). The highest BCUT2D eigenvalue weighted by atomic mass is 32.1. The summed E-state index contributed by atoms with van der Waals surface area (Å²) in [6.07, 6.45) is 0. The van der Waals surface area contributed by atoms with Gasteiger partial charge in [-0.25, -0.2) is 4.39 Å². The predicted octanol–water partition coefficient (Wildman–Crippen LogP) is 4.41. The minimum Gasteiger partial charge on any atom is -0.490 e. The number of ether oxygens (including phenoxy) is 2. The van der Waals surface area contributed by atoms with Crippen LogP contribution in [0, 0.1) is 5.82 Å². The van der Waals surface area contributed by atoms with E-state index in [0.717, 1.165) is 5.75 Å². The molecule has 0 aliphatic rings. The van der Waals surface area contributed by atoms with E-state index in [-0.39, 0.29) is 5.11 Å². The van der Waals surface area contributed by atoms with Gasteiger partial charge in [-0.1, -0.05) is 18.2 Å². The Morgan fingerprint density at radius 3 is 2.03 bits per heavy atom. The van der Waals surface area contributed by atoms with Crippen LogP contribution in [0.3, 0.4) is 0 Å². The van der Waals surface area contributed by atoms with Crippen molar-refractivity contribution in [2.75, 3.05) is 18.5 Å². The Morgan fingerprint density at radius 2 is 1.41 bits per heavy atom. The first-order valence-electron chi connectivity index (χ1n) is 8.89. The topological polar surface area (TPSA) is 59.6 Å². The van der Waals surface area contributed by atoms with E-state index in [1.165, 1.54) is 24.3 Å². The molecule has 0 aliphatic heterocycles. The molecule has 0 radical (unpaired) electrons. The highest BCUT2D eigenvalue weighted by Gasteiger charge is 2.08. The summed E-state index contributed by atoms with van der Waals surface area (Å²) in [6.45, 7) is 0.845. The third-order valence-electron chi connectivity index (χ3n) is 3.81. The van der Waals surface area contributed by atoms with Crippen molar-refractivity contribution in [2.24, 2.45) is 0 Å². The average molecular weight is 410 g/mol. The maximum atomic E-state index is 12.9. The molecule has 7 heteroatoms. The van der Waals surface area contributed by atoms with Crippen LogP contribution in [0.2, 0.25) is 0 Å². The van der Waals surface area contributed by atoms with E-state index in [9.17, 15) is 9.18 Å². The summed E-state index contributed by atoms with van der Waals surface area (Å²) < 4.78 is 24.1. The summed E-state index contributed by atoms with van der Waals surface area (Å²) >= 11 is 5.14. The summed E-state index contributed by atoms with van der Waals surface area (Å²) in [6, 6.07) is 21.9. The molecule has 0 atom stereocenters. The van der Waals surface area contributed by atoms with E-state index in [4.69, 9.17) is 21.7 Å². The van der Waals surface area contributed by atoms with Crippen LogP contribution >= 0.6 is 12.2 Å². The number of hydrogen-bond donors (Lipinski definition) is 2. The van der Waals surface area contributed by atoms with Crippen LogP contribution in [0.1, 0.15) is 10.4 Å². The maximum absolute atomic E-state index is 12.9. The molecular formula is C22H19FN2O3S. The number of nitrogens with one attached hydrogen (secondary N) is 2. The van der Waals surface area contributed by atoms with Gasteiger partial charge in [0.15, 0.2) is 5.11 Å². The van der Waals surface area contributed by atoms with Crippen molar-refractivity contribution in [3.63, 3.8) is 0 Å². The minimum atomic E-state index is -0.416. The molecule has 0 unspecified atom stereocenters. The molecule has 0 saturated heterocycles. The van der Waals surface area contributed by atoms with Gasteiger partial charge in [-0.2, -0.15) is 0 Å². The number of rotatable bonds is 7. The molecule has 2 N–H and O–H groups in total. The van der Waals surface area contributed by atoms with Gasteiger partial charge in [0.05, 0.1) is 0 Å². The molecule has 0 saturated carbocycles. The van der Waals surface area contributed by atoms with Crippen LogP contribution in [-0.4, -0.2) is 24.2 Å². The number of anilines is 1. The molecule has 3 rings (SSSR count). The van der Waals surface area contributed by atoms with Crippen molar-refractivity contribution in [2.45, 2.75) is 0 Å². The highest BCUT2D eigenvalue weighted by molar-refractivity contribution is 7.80. The molecule has 3 aromatic carbocycles. The normalized spacial score (nSPS) is 10.1. The number of carbonyl (C=O) groups excluding carboxylic acids is 1. The second-order valence-electron chi connectivity index (χ2n) is 5.95. The molecule has 1 amide bonds. The van der Waals surface area contributed by atoms with E-state index in [2.05, 4.69) is 10.6 Å². The molecule has 0 spiro atoms. The number of para-hydroxylation sites is 1. The van der Waals surface area contributed by atoms with Crippen LogP contribution in [0.4, 0.5) is 10.1 Å². The van der Waals surface area contributed by atoms with Crippen molar-refractivity contribution in [1.82, 2.24) is 5.32 Å². The Hall–Kier alpha value is -3.45. The van der Waals surface area contributed by atoms with E-state index in [0.29, 0.717) is 30.2 Å². The van der Waals surface area contributed by atoms with Crippen molar-refractivity contribution < 1.29 is 18.7 Å². The van der Waals surface area contributed by atoms with Gasteiger partial charge >= 0.3 is 0 Å². The first-order chi connectivity index (χ1) is 14.1. The van der Waals surface area contributed by atoms with Crippen molar-refractivity contribution in [3.05, 3.63) is 90.2 Å². The molecule has 29 heavy (non-hydrogen) atoms. The quantitative estimate of drug-likeness (QED) is 0.446. The highest BCUT2D eigenvalue weighted by Crippen LogP contribution is 2.16. The monoisotopic (exact) mass is 410 g/mol. The molecular weight excluding hydrogens is 391 g/mol. The van der Waals surface area contributed by atoms with Gasteiger partial charge in [-0.05, 0) is 72.9 Å². The summed E-state index contributed by atoms with van der Waals surface area (Å²) in [4.78, 5) is 12.1. The summed E-state index contributed by atoms with van der Waals surface area (Å²) in [5.74, 6) is 0.664. The fraction of sp³-hybridized carbons (Fsp3) is 0.0909. The summed E-state index contributed by atoms with van der Waals surface area (Å²) in [7, 11) is 0. The molecule has 148 valence electrons. The second-order valence-corrected chi connectivity index (χ2v) is 6.36. The van der Waals surface area contributed by atoms with E-state index < -0.39 is 11.7 Å². The lowest BCUT2D eigenvalue weighted by atomic mass is 10.2. The number of hydrogen-bond acceptors (Lipinski definition) is 4. The predicted molar refractivity (Wildman–Crippen MR) is 114 cm³/mol. The molecule has 0 fully saturated rings. The van der Waals surface area contributed by atoms with E-state index >= 15 is 0 Å². The zero-order chi connectivity index (χ0) is 20.5. The SMILES string of the molecule is O=C(NC(=S)Nc1ccc(OCCOc2ccccc2)cc1)c1ccc(F)cc1. The van der Waals surface area contributed by atoms with Gasteiger partial charge in [-0.15, -0.1) is 0 Å². The zero-order valence-corrected chi connectivity index (χ0v) is 16.2. The van der Waals surface area contributed by atoms with Gasteiger partial charge in [0.2, 0.25) is 0 Å². The number of thiocarbonyl (C=S) groups is 1. The second kappa shape index (κ2) is 10.2. The average Bonchev–Trinajstić information content (AvgIpc) is 2.73. The molecule has 0 aliphatic carbocycles. The number of carbonyl (C=O) groups is 1. The summed E-state index contributed by atoms with van der Waals surface area (Å²) in [5, 5.41) is 5.61. The lowest BCUT2D eigenvalue weighted by Crippen LogP contribution is -2.34. The fourth-order valence-electron chi connectivity index (χ4n) is 2.41. The summed E-state index contributed by atoms with van der Waals surface area (Å²) in [5.41, 5.74) is 1.01. The third-order valence-corrected chi connectivity index (χ3v) is 4.01. The Kier molecular flexibility index (Phi) is 7.13. The van der Waals surface area contributed by atoms with Gasteiger partial charge in [0.1, 0.15) is 30.5 Å². The Balaban J connectivity index is 1.41. The third kappa shape index (κ3) is 6.58. The molecule has 5 nitrogen and oxygen atoms in total. The van der Waals surface area contributed by atoms with Gasteiger partial charge in [0, 0.05) is 11.3 Å². The van der Waals surface area contributed by atoms with E-state index in [1.54, 1.807) is 24.3 Å². The lowest BCUT2D eigenvalue weighted by molar-refractivity contribution is 0.0977. The van der Waals surface area contributed by atoms with Gasteiger partial charge in [0.25, 0.3) is 5.91 Å². The van der Waals surface area contributed by atoms with Crippen LogP contribution < -0.4 is 20.1 Å². The zero-order valence-electron chi connectivity index (χ0n) is 15.4. The first-order valence-corrected chi connectivity index (χ1v) is 9.29. The van der Waals surface area contributed by atoms with Crippen LogP contribution in [0.25, 0.3) is 0 Å². The Bertz CT molecular complexity index is 948. The lowest BCUT2D eigenvalue weighted by Gasteiger charge is -2.11.